The number of aryl methyl sites for hydroxylation is 1. The average molecular weight is 392 g/mol. The SMILES string of the molecule is COc1cc(CC(C)(C)N)c(-c2c(C(C)=O)c(C)nc3ccccc23)cc1OC. The summed E-state index contributed by atoms with van der Waals surface area (Å²) in [5.74, 6) is 1.22. The Hall–Kier alpha value is -2.92. The number of ether oxygens (including phenoxy) is 2. The van der Waals surface area contributed by atoms with E-state index in [1.807, 2.05) is 57.2 Å². The first-order chi connectivity index (χ1) is 13.7. The summed E-state index contributed by atoms with van der Waals surface area (Å²) in [6, 6.07) is 11.8. The molecule has 0 aliphatic carbocycles. The molecule has 5 heteroatoms. The van der Waals surface area contributed by atoms with Crippen molar-refractivity contribution in [2.24, 2.45) is 5.73 Å². The van der Waals surface area contributed by atoms with Gasteiger partial charge in [-0.05, 0) is 63.4 Å². The Labute approximate surface area is 171 Å². The molecule has 1 aromatic heterocycles. The number of nitrogens with two attached hydrogens (primary N) is 1. The van der Waals surface area contributed by atoms with Gasteiger partial charge in [0.2, 0.25) is 0 Å². The van der Waals surface area contributed by atoms with Gasteiger partial charge in [0.1, 0.15) is 0 Å². The number of carbonyl (C=O) groups is 1. The van der Waals surface area contributed by atoms with Gasteiger partial charge < -0.3 is 15.2 Å². The van der Waals surface area contributed by atoms with Gasteiger partial charge in [0.25, 0.3) is 0 Å². The molecule has 0 unspecified atom stereocenters. The van der Waals surface area contributed by atoms with Gasteiger partial charge in [-0.1, -0.05) is 18.2 Å². The van der Waals surface area contributed by atoms with Crippen molar-refractivity contribution >= 4 is 16.7 Å². The summed E-state index contributed by atoms with van der Waals surface area (Å²) >= 11 is 0. The summed E-state index contributed by atoms with van der Waals surface area (Å²) < 4.78 is 11.1. The number of pyridine rings is 1. The molecule has 0 aliphatic rings. The summed E-state index contributed by atoms with van der Waals surface area (Å²) in [6.07, 6.45) is 0.607. The Morgan fingerprint density at radius 3 is 2.31 bits per heavy atom. The monoisotopic (exact) mass is 392 g/mol. The van der Waals surface area contributed by atoms with Crippen molar-refractivity contribution in [2.45, 2.75) is 39.7 Å². The van der Waals surface area contributed by atoms with Gasteiger partial charge in [0.15, 0.2) is 17.3 Å². The van der Waals surface area contributed by atoms with Gasteiger partial charge in [0.05, 0.1) is 19.7 Å². The highest BCUT2D eigenvalue weighted by atomic mass is 16.5. The molecule has 0 atom stereocenters. The Morgan fingerprint density at radius 2 is 1.72 bits per heavy atom. The lowest BCUT2D eigenvalue weighted by atomic mass is 9.85. The van der Waals surface area contributed by atoms with Crippen LogP contribution in [0.2, 0.25) is 0 Å². The summed E-state index contributed by atoms with van der Waals surface area (Å²) in [5, 5.41) is 0.923. The Bertz CT molecular complexity index is 1080. The number of Topliss-reactive ketones (excluding diaryl/α,β-unsaturated/α-hetero) is 1. The van der Waals surface area contributed by atoms with E-state index in [4.69, 9.17) is 15.2 Å². The second kappa shape index (κ2) is 7.84. The molecule has 2 N–H and O–H groups in total. The van der Waals surface area contributed by atoms with Crippen LogP contribution in [-0.4, -0.2) is 30.5 Å². The van der Waals surface area contributed by atoms with E-state index in [1.165, 1.54) is 0 Å². The van der Waals surface area contributed by atoms with Crippen molar-refractivity contribution in [3.05, 3.63) is 53.2 Å². The molecule has 0 saturated heterocycles. The van der Waals surface area contributed by atoms with Crippen LogP contribution >= 0.6 is 0 Å². The molecule has 0 amide bonds. The molecule has 0 bridgehead atoms. The number of fused-ring (bicyclic) bond motifs is 1. The van der Waals surface area contributed by atoms with Crippen LogP contribution in [0.4, 0.5) is 0 Å². The molecule has 1 heterocycles. The van der Waals surface area contributed by atoms with E-state index in [1.54, 1.807) is 21.1 Å². The van der Waals surface area contributed by atoms with E-state index >= 15 is 0 Å². The van der Waals surface area contributed by atoms with Crippen LogP contribution in [0.25, 0.3) is 22.0 Å². The van der Waals surface area contributed by atoms with Crippen molar-refractivity contribution in [1.82, 2.24) is 4.98 Å². The maximum atomic E-state index is 12.7. The predicted octanol–water partition coefficient (Wildman–Crippen LogP) is 4.71. The van der Waals surface area contributed by atoms with Gasteiger partial charge in [-0.3, -0.25) is 9.78 Å². The van der Waals surface area contributed by atoms with Crippen LogP contribution in [0.3, 0.4) is 0 Å². The maximum absolute atomic E-state index is 12.7. The minimum atomic E-state index is -0.442. The number of carbonyl (C=O) groups excluding carboxylic acids is 1. The second-order valence-corrected chi connectivity index (χ2v) is 8.05. The zero-order valence-electron chi connectivity index (χ0n) is 17.9. The largest absolute Gasteiger partial charge is 0.493 e. The van der Waals surface area contributed by atoms with Crippen molar-refractivity contribution in [2.75, 3.05) is 14.2 Å². The van der Waals surface area contributed by atoms with Gasteiger partial charge in [-0.15, -0.1) is 0 Å². The summed E-state index contributed by atoms with van der Waals surface area (Å²) in [6.45, 7) is 7.42. The lowest BCUT2D eigenvalue weighted by Crippen LogP contribution is -2.34. The zero-order valence-corrected chi connectivity index (χ0v) is 17.9. The smallest absolute Gasteiger partial charge is 0.162 e. The van der Waals surface area contributed by atoms with E-state index in [9.17, 15) is 4.79 Å². The van der Waals surface area contributed by atoms with E-state index in [2.05, 4.69) is 4.98 Å². The lowest BCUT2D eigenvalue weighted by molar-refractivity contribution is 0.101. The van der Waals surface area contributed by atoms with Gasteiger partial charge in [-0.2, -0.15) is 0 Å². The topological polar surface area (TPSA) is 74.4 Å². The number of ketones is 1. The number of aromatic nitrogens is 1. The number of methoxy groups -OCH3 is 2. The summed E-state index contributed by atoms with van der Waals surface area (Å²) in [5.41, 5.74) is 10.9. The third-order valence-electron chi connectivity index (χ3n) is 4.95. The minimum absolute atomic E-state index is 0.0245. The van der Waals surface area contributed by atoms with Gasteiger partial charge in [-0.25, -0.2) is 0 Å². The molecule has 3 aromatic rings. The molecular weight excluding hydrogens is 364 g/mol. The highest BCUT2D eigenvalue weighted by Crippen LogP contribution is 2.41. The fourth-order valence-corrected chi connectivity index (χ4v) is 3.84. The standard InChI is InChI=1S/C24H28N2O3/c1-14-22(15(2)27)23(17-9-7-8-10-19(17)26-14)18-12-21(29-6)20(28-5)11-16(18)13-24(3,4)25/h7-12H,13,25H2,1-6H3. The Kier molecular flexibility index (Phi) is 5.62. The molecule has 5 nitrogen and oxygen atoms in total. The zero-order chi connectivity index (χ0) is 21.3. The van der Waals surface area contributed by atoms with Crippen LogP contribution in [0.1, 0.15) is 42.4 Å². The van der Waals surface area contributed by atoms with Crippen LogP contribution in [0.5, 0.6) is 11.5 Å². The first-order valence-electron chi connectivity index (χ1n) is 9.60. The van der Waals surface area contributed by atoms with Crippen LogP contribution in [0, 0.1) is 6.92 Å². The van der Waals surface area contributed by atoms with Crippen LogP contribution in [-0.2, 0) is 6.42 Å². The van der Waals surface area contributed by atoms with Gasteiger partial charge in [0, 0.05) is 27.7 Å². The summed E-state index contributed by atoms with van der Waals surface area (Å²) in [7, 11) is 3.22. The molecule has 29 heavy (non-hydrogen) atoms. The molecule has 0 spiro atoms. The minimum Gasteiger partial charge on any atom is -0.493 e. The maximum Gasteiger partial charge on any atom is 0.162 e. The number of nitrogens with zero attached hydrogens (tertiary/aromatic N) is 1. The number of hydrogen-bond acceptors (Lipinski definition) is 5. The van der Waals surface area contributed by atoms with Crippen molar-refractivity contribution < 1.29 is 14.3 Å². The van der Waals surface area contributed by atoms with Crippen molar-refractivity contribution in [1.29, 1.82) is 0 Å². The summed E-state index contributed by atoms with van der Waals surface area (Å²) in [4.78, 5) is 17.3. The molecule has 3 rings (SSSR count). The molecule has 0 radical (unpaired) electrons. The first kappa shape index (κ1) is 20.8. The molecule has 152 valence electrons. The van der Waals surface area contributed by atoms with Gasteiger partial charge >= 0.3 is 0 Å². The fourth-order valence-electron chi connectivity index (χ4n) is 3.84. The Balaban J connectivity index is 2.48. The van der Waals surface area contributed by atoms with Crippen molar-refractivity contribution in [3.63, 3.8) is 0 Å². The normalized spacial score (nSPS) is 11.6. The highest BCUT2D eigenvalue weighted by molar-refractivity contribution is 6.10. The van der Waals surface area contributed by atoms with Crippen molar-refractivity contribution in [3.8, 4) is 22.6 Å². The van der Waals surface area contributed by atoms with E-state index in [0.717, 1.165) is 27.6 Å². The predicted molar refractivity (Wildman–Crippen MR) is 117 cm³/mol. The molecule has 0 fully saturated rings. The molecular formula is C24H28N2O3. The second-order valence-electron chi connectivity index (χ2n) is 8.05. The number of rotatable bonds is 6. The van der Waals surface area contributed by atoms with E-state index in [-0.39, 0.29) is 5.78 Å². The van der Waals surface area contributed by atoms with Crippen LogP contribution < -0.4 is 15.2 Å². The molecule has 2 aromatic carbocycles. The average Bonchev–Trinajstić information content (AvgIpc) is 2.65. The highest BCUT2D eigenvalue weighted by Gasteiger charge is 2.24. The third-order valence-corrected chi connectivity index (χ3v) is 4.95. The third kappa shape index (κ3) is 4.10. The first-order valence-corrected chi connectivity index (χ1v) is 9.60. The van der Waals surface area contributed by atoms with Crippen LogP contribution in [0.15, 0.2) is 36.4 Å². The quantitative estimate of drug-likeness (QED) is 0.615. The fraction of sp³-hybridized carbons (Fsp3) is 0.333. The number of para-hydroxylation sites is 1. The molecule has 0 saturated carbocycles. The van der Waals surface area contributed by atoms with E-state index in [0.29, 0.717) is 29.2 Å². The lowest BCUT2D eigenvalue weighted by Gasteiger charge is -2.24. The number of hydrogen-bond donors (Lipinski definition) is 1. The number of benzene rings is 2. The molecule has 0 aliphatic heterocycles. The van der Waals surface area contributed by atoms with E-state index < -0.39 is 5.54 Å². The Morgan fingerprint density at radius 1 is 1.10 bits per heavy atom.